The summed E-state index contributed by atoms with van der Waals surface area (Å²) in [6.45, 7) is 3.71. The highest BCUT2D eigenvalue weighted by molar-refractivity contribution is 9.10. The molecule has 1 aliphatic heterocycles. The van der Waals surface area contributed by atoms with Crippen LogP contribution in [-0.4, -0.2) is 29.4 Å². The highest BCUT2D eigenvalue weighted by Gasteiger charge is 2.33. The Bertz CT molecular complexity index is 1400. The van der Waals surface area contributed by atoms with E-state index >= 15 is 0 Å². The number of phenolic OH excluding ortho intramolecular Hbond substituents is 1. The molecule has 7 nitrogen and oxygen atoms in total. The van der Waals surface area contributed by atoms with Crippen LogP contribution in [0.25, 0.3) is 6.08 Å². The first-order chi connectivity index (χ1) is 15.3. The van der Waals surface area contributed by atoms with Crippen LogP contribution in [0.4, 0.5) is 0 Å². The van der Waals surface area contributed by atoms with Gasteiger partial charge in [-0.1, -0.05) is 33.3 Å². The molecule has 0 spiro atoms. The van der Waals surface area contributed by atoms with E-state index in [1.165, 1.54) is 34.4 Å². The smallest absolute Gasteiger partial charge is 0.338 e. The third kappa shape index (κ3) is 3.94. The number of aromatic hydroxyl groups is 1. The predicted molar refractivity (Wildman–Crippen MR) is 127 cm³/mol. The first kappa shape index (κ1) is 22.5. The second kappa shape index (κ2) is 9.05. The standard InChI is InChI=1S/C22H19BrN2O5S2/c1-4-30-21(28)17-11(2)24-22-25(18(17)15-6-5-7-31-15)20(27)16(32-22)9-12-8-13(23)10-14(29-3)19(12)26/h5-10,18,26H,4H2,1-3H3/b16-9+/t18-/m0/s1. The molecule has 1 atom stereocenters. The van der Waals surface area contributed by atoms with Gasteiger partial charge in [0, 0.05) is 14.9 Å². The number of halogens is 1. The number of esters is 1. The highest BCUT2D eigenvalue weighted by Crippen LogP contribution is 2.35. The summed E-state index contributed by atoms with van der Waals surface area (Å²) >= 11 is 6.04. The lowest BCUT2D eigenvalue weighted by Gasteiger charge is -2.23. The van der Waals surface area contributed by atoms with Crippen LogP contribution in [0.5, 0.6) is 11.5 Å². The normalized spacial score (nSPS) is 16.0. The largest absolute Gasteiger partial charge is 0.504 e. The van der Waals surface area contributed by atoms with Gasteiger partial charge < -0.3 is 14.6 Å². The third-order valence-electron chi connectivity index (χ3n) is 4.91. The van der Waals surface area contributed by atoms with Crippen LogP contribution in [0.2, 0.25) is 0 Å². The molecule has 0 bridgehead atoms. The number of thiophene rings is 1. The van der Waals surface area contributed by atoms with Crippen molar-refractivity contribution in [2.75, 3.05) is 13.7 Å². The van der Waals surface area contributed by atoms with Crippen molar-refractivity contribution in [1.29, 1.82) is 0 Å². The van der Waals surface area contributed by atoms with E-state index in [1.807, 2.05) is 17.5 Å². The SMILES string of the molecule is CCOC(=O)C1=C(C)N=c2s/c(=C/c3cc(Br)cc(OC)c3O)c(=O)n2[C@H]1c1cccs1. The molecule has 3 heterocycles. The quantitative estimate of drug-likeness (QED) is 0.507. The van der Waals surface area contributed by atoms with Crippen molar-refractivity contribution in [2.24, 2.45) is 4.99 Å². The molecule has 10 heteroatoms. The molecule has 1 N–H and O–H groups in total. The second-order valence-electron chi connectivity index (χ2n) is 6.86. The van der Waals surface area contributed by atoms with Gasteiger partial charge >= 0.3 is 5.97 Å². The molecular weight excluding hydrogens is 516 g/mol. The summed E-state index contributed by atoms with van der Waals surface area (Å²) in [7, 11) is 1.46. The third-order valence-corrected chi connectivity index (χ3v) is 7.27. The zero-order valence-corrected chi connectivity index (χ0v) is 20.6. The molecule has 32 heavy (non-hydrogen) atoms. The number of fused-ring (bicyclic) bond motifs is 1. The average Bonchev–Trinajstić information content (AvgIpc) is 3.38. The van der Waals surface area contributed by atoms with Crippen molar-refractivity contribution < 1.29 is 19.4 Å². The summed E-state index contributed by atoms with van der Waals surface area (Å²) < 4.78 is 13.1. The van der Waals surface area contributed by atoms with Crippen molar-refractivity contribution in [2.45, 2.75) is 19.9 Å². The van der Waals surface area contributed by atoms with Gasteiger partial charge in [-0.05, 0) is 43.5 Å². The fourth-order valence-electron chi connectivity index (χ4n) is 3.51. The summed E-state index contributed by atoms with van der Waals surface area (Å²) in [6.07, 6.45) is 1.60. The van der Waals surface area contributed by atoms with Crippen molar-refractivity contribution in [3.8, 4) is 11.5 Å². The summed E-state index contributed by atoms with van der Waals surface area (Å²) in [4.78, 5) is 32.1. The van der Waals surface area contributed by atoms with Crippen molar-refractivity contribution in [1.82, 2.24) is 4.57 Å². The molecule has 0 saturated heterocycles. The Morgan fingerprint density at radius 2 is 2.19 bits per heavy atom. The maximum Gasteiger partial charge on any atom is 0.338 e. The number of hydrogen-bond acceptors (Lipinski definition) is 8. The summed E-state index contributed by atoms with van der Waals surface area (Å²) in [5.74, 6) is -0.272. The van der Waals surface area contributed by atoms with Gasteiger partial charge in [0.05, 0.1) is 29.5 Å². The molecule has 0 fully saturated rings. The second-order valence-corrected chi connectivity index (χ2v) is 9.77. The Labute approximate surface area is 199 Å². The van der Waals surface area contributed by atoms with Gasteiger partial charge in [0.2, 0.25) is 0 Å². The predicted octanol–water partition coefficient (Wildman–Crippen LogP) is 3.34. The number of hydrogen-bond donors (Lipinski definition) is 1. The molecule has 0 unspecified atom stereocenters. The number of methoxy groups -OCH3 is 1. The minimum atomic E-state index is -0.627. The van der Waals surface area contributed by atoms with Crippen molar-refractivity contribution in [3.63, 3.8) is 0 Å². The van der Waals surface area contributed by atoms with Gasteiger partial charge in [0.25, 0.3) is 5.56 Å². The molecule has 3 aromatic rings. The van der Waals surface area contributed by atoms with Crippen LogP contribution >= 0.6 is 38.6 Å². The molecule has 1 aliphatic rings. The Balaban J connectivity index is 1.96. The van der Waals surface area contributed by atoms with E-state index < -0.39 is 12.0 Å². The number of ether oxygens (including phenoxy) is 2. The van der Waals surface area contributed by atoms with E-state index in [2.05, 4.69) is 20.9 Å². The van der Waals surface area contributed by atoms with E-state index in [9.17, 15) is 14.7 Å². The number of nitrogens with zero attached hydrogens (tertiary/aromatic N) is 2. The molecule has 0 radical (unpaired) electrons. The Morgan fingerprint density at radius 1 is 1.41 bits per heavy atom. The van der Waals surface area contributed by atoms with E-state index in [0.29, 0.717) is 30.6 Å². The first-order valence-electron chi connectivity index (χ1n) is 9.65. The van der Waals surface area contributed by atoms with E-state index in [1.54, 1.807) is 32.1 Å². The number of carbonyl (C=O) groups is 1. The summed E-state index contributed by atoms with van der Waals surface area (Å²) in [5, 5.41) is 12.4. The highest BCUT2D eigenvalue weighted by atomic mass is 79.9. The number of benzene rings is 1. The van der Waals surface area contributed by atoms with E-state index in [0.717, 1.165) is 4.88 Å². The molecular formula is C22H19BrN2O5S2. The monoisotopic (exact) mass is 534 g/mol. The molecule has 0 saturated carbocycles. The first-order valence-corrected chi connectivity index (χ1v) is 12.1. The molecule has 1 aromatic carbocycles. The van der Waals surface area contributed by atoms with Gasteiger partial charge in [-0.3, -0.25) is 9.36 Å². The zero-order chi connectivity index (χ0) is 23.0. The Kier molecular flexibility index (Phi) is 6.36. The lowest BCUT2D eigenvalue weighted by atomic mass is 10.0. The van der Waals surface area contributed by atoms with Gasteiger partial charge in [0.15, 0.2) is 16.3 Å². The number of aromatic nitrogens is 1. The lowest BCUT2D eigenvalue weighted by molar-refractivity contribution is -0.139. The maximum atomic E-state index is 13.5. The number of thiazole rings is 1. The Hall–Kier alpha value is -2.69. The van der Waals surface area contributed by atoms with E-state index in [4.69, 9.17) is 9.47 Å². The molecule has 0 amide bonds. The number of carbonyl (C=O) groups excluding carboxylic acids is 1. The van der Waals surface area contributed by atoms with Crippen LogP contribution in [0.1, 0.15) is 30.3 Å². The zero-order valence-electron chi connectivity index (χ0n) is 17.4. The van der Waals surface area contributed by atoms with Gasteiger partial charge in [-0.2, -0.15) is 0 Å². The minimum absolute atomic E-state index is 0.0697. The van der Waals surface area contributed by atoms with E-state index in [-0.39, 0.29) is 23.7 Å². The minimum Gasteiger partial charge on any atom is -0.504 e. The molecule has 2 aromatic heterocycles. The van der Waals surface area contributed by atoms with Crippen LogP contribution in [0, 0.1) is 0 Å². The number of phenols is 1. The maximum absolute atomic E-state index is 13.5. The van der Waals surface area contributed by atoms with Crippen molar-refractivity contribution in [3.05, 3.63) is 75.5 Å². The van der Waals surface area contributed by atoms with Gasteiger partial charge in [0.1, 0.15) is 6.04 Å². The number of rotatable bonds is 5. The average molecular weight is 535 g/mol. The summed E-state index contributed by atoms with van der Waals surface area (Å²) in [6, 6.07) is 6.47. The van der Waals surface area contributed by atoms with Crippen LogP contribution in [-0.2, 0) is 9.53 Å². The lowest BCUT2D eigenvalue weighted by Crippen LogP contribution is -2.39. The molecule has 166 valence electrons. The van der Waals surface area contributed by atoms with Crippen LogP contribution in [0.3, 0.4) is 0 Å². The van der Waals surface area contributed by atoms with Gasteiger partial charge in [-0.15, -0.1) is 11.3 Å². The molecule has 4 rings (SSSR count). The van der Waals surface area contributed by atoms with Crippen LogP contribution < -0.4 is 19.6 Å². The van der Waals surface area contributed by atoms with Gasteiger partial charge in [-0.25, -0.2) is 9.79 Å². The Morgan fingerprint density at radius 3 is 2.84 bits per heavy atom. The fourth-order valence-corrected chi connectivity index (χ4v) is 5.82. The van der Waals surface area contributed by atoms with Crippen LogP contribution in [0.15, 0.2) is 55.2 Å². The topological polar surface area (TPSA) is 90.1 Å². The van der Waals surface area contributed by atoms with Crippen molar-refractivity contribution >= 4 is 50.6 Å². The molecule has 0 aliphatic carbocycles. The summed E-state index contributed by atoms with van der Waals surface area (Å²) in [5.41, 5.74) is 0.983. The fraction of sp³-hybridized carbons (Fsp3) is 0.227. The number of allylic oxidation sites excluding steroid dienone is 1.